The molecule has 1 unspecified atom stereocenters. The SMILES string of the molecule is CC(N)C1(CC(=O)O)CCCC1. The topological polar surface area (TPSA) is 63.3 Å². The predicted molar refractivity (Wildman–Crippen MR) is 46.8 cm³/mol. The molecule has 1 atom stereocenters. The summed E-state index contributed by atoms with van der Waals surface area (Å²) in [5.41, 5.74) is 5.71. The molecule has 0 saturated heterocycles. The van der Waals surface area contributed by atoms with E-state index in [9.17, 15) is 4.79 Å². The highest BCUT2D eigenvalue weighted by atomic mass is 16.4. The van der Waals surface area contributed by atoms with Crippen molar-refractivity contribution in [2.75, 3.05) is 0 Å². The highest BCUT2D eigenvalue weighted by Gasteiger charge is 2.39. The van der Waals surface area contributed by atoms with Crippen LogP contribution in [0.5, 0.6) is 0 Å². The van der Waals surface area contributed by atoms with E-state index >= 15 is 0 Å². The molecule has 0 aromatic rings. The van der Waals surface area contributed by atoms with Gasteiger partial charge in [-0.1, -0.05) is 12.8 Å². The Hall–Kier alpha value is -0.570. The first kappa shape index (κ1) is 9.52. The van der Waals surface area contributed by atoms with Gasteiger partial charge >= 0.3 is 5.97 Å². The minimum atomic E-state index is -0.714. The van der Waals surface area contributed by atoms with Gasteiger partial charge in [0.25, 0.3) is 0 Å². The summed E-state index contributed by atoms with van der Waals surface area (Å²) < 4.78 is 0. The number of nitrogens with two attached hydrogens (primary N) is 1. The largest absolute Gasteiger partial charge is 0.481 e. The Morgan fingerprint density at radius 3 is 2.42 bits per heavy atom. The van der Waals surface area contributed by atoms with Gasteiger partial charge in [0.05, 0.1) is 6.42 Å². The summed E-state index contributed by atoms with van der Waals surface area (Å²) in [5, 5.41) is 8.73. The molecule has 0 aromatic carbocycles. The Labute approximate surface area is 72.9 Å². The second-order valence-corrected chi connectivity index (χ2v) is 3.93. The van der Waals surface area contributed by atoms with Crippen LogP contribution in [0.4, 0.5) is 0 Å². The van der Waals surface area contributed by atoms with E-state index in [4.69, 9.17) is 10.8 Å². The van der Waals surface area contributed by atoms with Crippen molar-refractivity contribution >= 4 is 5.97 Å². The molecule has 0 aliphatic heterocycles. The maximum absolute atomic E-state index is 10.6. The second kappa shape index (κ2) is 3.44. The summed E-state index contributed by atoms with van der Waals surface area (Å²) >= 11 is 0. The van der Waals surface area contributed by atoms with Gasteiger partial charge in [-0.05, 0) is 25.2 Å². The second-order valence-electron chi connectivity index (χ2n) is 3.93. The lowest BCUT2D eigenvalue weighted by Crippen LogP contribution is -2.39. The maximum Gasteiger partial charge on any atom is 0.303 e. The zero-order valence-electron chi connectivity index (χ0n) is 7.55. The molecule has 0 aromatic heterocycles. The summed E-state index contributed by atoms with van der Waals surface area (Å²) in [6.45, 7) is 1.92. The first-order valence-electron chi connectivity index (χ1n) is 4.54. The predicted octanol–water partition coefficient (Wildman–Crippen LogP) is 1.37. The van der Waals surface area contributed by atoms with E-state index in [-0.39, 0.29) is 17.9 Å². The minimum absolute atomic E-state index is 0.0103. The monoisotopic (exact) mass is 171 g/mol. The summed E-state index contributed by atoms with van der Waals surface area (Å²) in [4.78, 5) is 10.6. The third-order valence-electron chi connectivity index (χ3n) is 3.07. The molecule has 12 heavy (non-hydrogen) atoms. The van der Waals surface area contributed by atoms with Gasteiger partial charge in [-0.2, -0.15) is 0 Å². The molecule has 1 aliphatic carbocycles. The number of hydrogen-bond donors (Lipinski definition) is 2. The third kappa shape index (κ3) is 1.78. The lowest BCUT2D eigenvalue weighted by molar-refractivity contribution is -0.140. The lowest BCUT2D eigenvalue weighted by Gasteiger charge is -2.31. The highest BCUT2D eigenvalue weighted by molar-refractivity contribution is 5.67. The van der Waals surface area contributed by atoms with Crippen molar-refractivity contribution in [1.29, 1.82) is 0 Å². The highest BCUT2D eigenvalue weighted by Crippen LogP contribution is 2.43. The Bertz CT molecular complexity index is 171. The molecule has 3 nitrogen and oxygen atoms in total. The summed E-state index contributed by atoms with van der Waals surface area (Å²) in [6, 6.07) is 0.0103. The molecule has 1 fully saturated rings. The van der Waals surface area contributed by atoms with E-state index in [0.717, 1.165) is 25.7 Å². The van der Waals surface area contributed by atoms with E-state index in [0.29, 0.717) is 0 Å². The summed E-state index contributed by atoms with van der Waals surface area (Å²) in [7, 11) is 0. The van der Waals surface area contributed by atoms with E-state index < -0.39 is 5.97 Å². The molecule has 1 rings (SSSR count). The number of aliphatic carboxylic acids is 1. The fourth-order valence-corrected chi connectivity index (χ4v) is 2.17. The first-order valence-corrected chi connectivity index (χ1v) is 4.54. The minimum Gasteiger partial charge on any atom is -0.481 e. The standard InChI is InChI=1S/C9H17NO2/c1-7(10)9(6-8(11)12)4-2-3-5-9/h7H,2-6,10H2,1H3,(H,11,12). The molecule has 3 N–H and O–H groups in total. The molecule has 0 heterocycles. The molecule has 1 saturated carbocycles. The molecule has 0 amide bonds. The Morgan fingerprint density at radius 2 is 2.08 bits per heavy atom. The van der Waals surface area contributed by atoms with Crippen molar-refractivity contribution in [2.24, 2.45) is 11.1 Å². The van der Waals surface area contributed by atoms with E-state index in [1.165, 1.54) is 0 Å². The van der Waals surface area contributed by atoms with Gasteiger partial charge < -0.3 is 10.8 Å². The van der Waals surface area contributed by atoms with Crippen molar-refractivity contribution in [3.8, 4) is 0 Å². The van der Waals surface area contributed by atoms with Crippen molar-refractivity contribution < 1.29 is 9.90 Å². The third-order valence-corrected chi connectivity index (χ3v) is 3.07. The fourth-order valence-electron chi connectivity index (χ4n) is 2.17. The van der Waals surface area contributed by atoms with Crippen LogP contribution in [0.25, 0.3) is 0 Å². The van der Waals surface area contributed by atoms with Crippen LogP contribution in [0.15, 0.2) is 0 Å². The van der Waals surface area contributed by atoms with Gasteiger partial charge in [0.2, 0.25) is 0 Å². The fraction of sp³-hybridized carbons (Fsp3) is 0.889. The van der Waals surface area contributed by atoms with E-state index in [2.05, 4.69) is 0 Å². The smallest absolute Gasteiger partial charge is 0.303 e. The van der Waals surface area contributed by atoms with Gasteiger partial charge in [-0.3, -0.25) is 4.79 Å². The van der Waals surface area contributed by atoms with Gasteiger partial charge in [-0.15, -0.1) is 0 Å². The van der Waals surface area contributed by atoms with Crippen LogP contribution >= 0.6 is 0 Å². The van der Waals surface area contributed by atoms with Crippen LogP contribution < -0.4 is 5.73 Å². The van der Waals surface area contributed by atoms with Crippen molar-refractivity contribution in [2.45, 2.75) is 45.1 Å². The van der Waals surface area contributed by atoms with Crippen LogP contribution in [0.3, 0.4) is 0 Å². The quantitative estimate of drug-likeness (QED) is 0.674. The normalized spacial score (nSPS) is 23.8. The Kier molecular flexibility index (Phi) is 2.73. The van der Waals surface area contributed by atoms with Gasteiger partial charge in [0.15, 0.2) is 0 Å². The molecular formula is C9H17NO2. The van der Waals surface area contributed by atoms with Crippen molar-refractivity contribution in [1.82, 2.24) is 0 Å². The summed E-state index contributed by atoms with van der Waals surface area (Å²) in [5.74, 6) is -0.714. The molecule has 70 valence electrons. The van der Waals surface area contributed by atoms with Crippen LogP contribution in [-0.2, 0) is 4.79 Å². The van der Waals surface area contributed by atoms with Crippen molar-refractivity contribution in [3.63, 3.8) is 0 Å². The van der Waals surface area contributed by atoms with Crippen molar-refractivity contribution in [3.05, 3.63) is 0 Å². The van der Waals surface area contributed by atoms with Crippen LogP contribution in [0.2, 0.25) is 0 Å². The van der Waals surface area contributed by atoms with Crippen LogP contribution in [0.1, 0.15) is 39.0 Å². The van der Waals surface area contributed by atoms with E-state index in [1.807, 2.05) is 6.92 Å². The van der Waals surface area contributed by atoms with Gasteiger partial charge in [0.1, 0.15) is 0 Å². The number of carbonyl (C=O) groups is 1. The van der Waals surface area contributed by atoms with Crippen LogP contribution in [-0.4, -0.2) is 17.1 Å². The van der Waals surface area contributed by atoms with Gasteiger partial charge in [-0.25, -0.2) is 0 Å². The first-order chi connectivity index (χ1) is 5.57. The number of carboxylic acids is 1. The Balaban J connectivity index is 2.65. The number of rotatable bonds is 3. The Morgan fingerprint density at radius 1 is 1.58 bits per heavy atom. The molecule has 3 heteroatoms. The number of carboxylic acid groups (broad SMARTS) is 1. The average Bonchev–Trinajstić information content (AvgIpc) is 2.35. The van der Waals surface area contributed by atoms with Gasteiger partial charge in [0, 0.05) is 6.04 Å². The molecule has 0 bridgehead atoms. The number of hydrogen-bond acceptors (Lipinski definition) is 2. The molecular weight excluding hydrogens is 154 g/mol. The van der Waals surface area contributed by atoms with Crippen LogP contribution in [0, 0.1) is 5.41 Å². The molecule has 1 aliphatic rings. The molecule has 0 radical (unpaired) electrons. The lowest BCUT2D eigenvalue weighted by atomic mass is 9.77. The zero-order valence-corrected chi connectivity index (χ0v) is 7.55. The maximum atomic E-state index is 10.6. The zero-order chi connectivity index (χ0) is 9.19. The average molecular weight is 171 g/mol. The molecule has 0 spiro atoms. The summed E-state index contributed by atoms with van der Waals surface area (Å²) in [6.07, 6.45) is 4.47. The van der Waals surface area contributed by atoms with E-state index in [1.54, 1.807) is 0 Å².